The first-order valence-electron chi connectivity index (χ1n) is 7.56. The van der Waals surface area contributed by atoms with Gasteiger partial charge in [-0.1, -0.05) is 48.5 Å². The first-order valence-corrected chi connectivity index (χ1v) is 8.88. The maximum Gasteiger partial charge on any atom is 0.287 e. The first kappa shape index (κ1) is 16.2. The highest BCUT2D eigenvalue weighted by molar-refractivity contribution is 7.84. The monoisotopic (exact) mass is 339 g/mol. The Hall–Kier alpha value is -2.66. The lowest BCUT2D eigenvalue weighted by atomic mass is 10.2. The van der Waals surface area contributed by atoms with E-state index in [-0.39, 0.29) is 17.4 Å². The van der Waals surface area contributed by atoms with Gasteiger partial charge in [-0.25, -0.2) is 0 Å². The van der Waals surface area contributed by atoms with Crippen LogP contribution < -0.4 is 5.32 Å². The van der Waals surface area contributed by atoms with Gasteiger partial charge in [-0.15, -0.1) is 0 Å². The fourth-order valence-corrected chi connectivity index (χ4v) is 3.27. The highest BCUT2D eigenvalue weighted by Crippen LogP contribution is 2.15. The summed E-state index contributed by atoms with van der Waals surface area (Å²) in [6, 6.07) is 22.1. The molecule has 0 aliphatic heterocycles. The average molecular weight is 339 g/mol. The van der Waals surface area contributed by atoms with Crippen LogP contribution in [0, 0.1) is 0 Å². The van der Waals surface area contributed by atoms with Crippen molar-refractivity contribution in [3.8, 4) is 0 Å². The molecule has 1 atom stereocenters. The van der Waals surface area contributed by atoms with Crippen molar-refractivity contribution in [1.82, 2.24) is 5.32 Å². The number of furan rings is 1. The minimum absolute atomic E-state index is 0.228. The van der Waals surface area contributed by atoms with Gasteiger partial charge in [0.25, 0.3) is 5.91 Å². The highest BCUT2D eigenvalue weighted by atomic mass is 32.2. The fourth-order valence-electron chi connectivity index (χ4n) is 2.23. The number of hydrogen-bond acceptors (Lipinski definition) is 3. The Kier molecular flexibility index (Phi) is 5.23. The van der Waals surface area contributed by atoms with E-state index in [0.717, 1.165) is 10.5 Å². The Morgan fingerprint density at radius 2 is 1.58 bits per heavy atom. The standard InChI is InChI=1S/C19H17NO3S/c21-19(20-13-15-7-3-1-4-8-15)18-12-11-16(23-18)14-24(22)17-9-5-2-6-10-17/h1-12H,13-14H2,(H,20,21). The van der Waals surface area contributed by atoms with Crippen LogP contribution in [0.4, 0.5) is 0 Å². The van der Waals surface area contributed by atoms with Gasteiger partial charge in [-0.2, -0.15) is 0 Å². The van der Waals surface area contributed by atoms with Gasteiger partial charge in [-0.3, -0.25) is 9.00 Å². The number of hydrogen-bond donors (Lipinski definition) is 1. The molecule has 0 spiro atoms. The predicted molar refractivity (Wildman–Crippen MR) is 92.9 cm³/mol. The molecule has 0 radical (unpaired) electrons. The minimum atomic E-state index is -1.19. The summed E-state index contributed by atoms with van der Waals surface area (Å²) in [5, 5.41) is 2.81. The van der Waals surface area contributed by atoms with Gasteiger partial charge < -0.3 is 9.73 Å². The molecule has 5 heteroatoms. The van der Waals surface area contributed by atoms with Crippen molar-refractivity contribution in [3.63, 3.8) is 0 Å². The Bertz CT molecular complexity index is 828. The molecule has 1 unspecified atom stereocenters. The van der Waals surface area contributed by atoms with E-state index in [1.807, 2.05) is 60.7 Å². The van der Waals surface area contributed by atoms with E-state index in [2.05, 4.69) is 5.32 Å². The highest BCUT2D eigenvalue weighted by Gasteiger charge is 2.13. The molecule has 0 aliphatic rings. The van der Waals surface area contributed by atoms with Crippen LogP contribution in [0.5, 0.6) is 0 Å². The number of carbonyl (C=O) groups excluding carboxylic acids is 1. The van der Waals surface area contributed by atoms with Crippen molar-refractivity contribution in [3.05, 3.63) is 89.9 Å². The Morgan fingerprint density at radius 1 is 0.917 bits per heavy atom. The molecular weight excluding hydrogens is 322 g/mol. The van der Waals surface area contributed by atoms with Crippen LogP contribution in [0.2, 0.25) is 0 Å². The van der Waals surface area contributed by atoms with E-state index in [4.69, 9.17) is 4.42 Å². The van der Waals surface area contributed by atoms with Crippen molar-refractivity contribution in [2.24, 2.45) is 0 Å². The largest absolute Gasteiger partial charge is 0.455 e. The van der Waals surface area contributed by atoms with E-state index < -0.39 is 10.8 Å². The second-order valence-corrected chi connectivity index (χ2v) is 6.69. The summed E-state index contributed by atoms with van der Waals surface area (Å²) in [6.07, 6.45) is 0. The van der Waals surface area contributed by atoms with Gasteiger partial charge in [-0.05, 0) is 29.8 Å². The third-order valence-electron chi connectivity index (χ3n) is 3.46. The summed E-state index contributed by atoms with van der Waals surface area (Å²) in [4.78, 5) is 12.8. The second-order valence-electron chi connectivity index (χ2n) is 5.24. The van der Waals surface area contributed by atoms with E-state index in [1.165, 1.54) is 0 Å². The van der Waals surface area contributed by atoms with Crippen LogP contribution in [-0.4, -0.2) is 10.1 Å². The summed E-state index contributed by atoms with van der Waals surface area (Å²) < 4.78 is 17.8. The molecule has 2 aromatic carbocycles. The molecule has 1 amide bonds. The van der Waals surface area contributed by atoms with Gasteiger partial charge in [0.15, 0.2) is 5.76 Å². The molecule has 1 heterocycles. The van der Waals surface area contributed by atoms with E-state index in [9.17, 15) is 9.00 Å². The summed E-state index contributed by atoms with van der Waals surface area (Å²) in [5.74, 6) is 0.722. The van der Waals surface area contributed by atoms with Gasteiger partial charge in [0.1, 0.15) is 5.76 Å². The van der Waals surface area contributed by atoms with Crippen molar-refractivity contribution < 1.29 is 13.4 Å². The third kappa shape index (κ3) is 4.20. The van der Waals surface area contributed by atoms with Crippen molar-refractivity contribution in [2.75, 3.05) is 0 Å². The lowest BCUT2D eigenvalue weighted by Gasteiger charge is -2.03. The van der Waals surface area contributed by atoms with Crippen LogP contribution in [0.15, 0.2) is 82.1 Å². The van der Waals surface area contributed by atoms with Crippen LogP contribution in [0.25, 0.3) is 0 Å². The summed E-state index contributed by atoms with van der Waals surface area (Å²) >= 11 is 0. The summed E-state index contributed by atoms with van der Waals surface area (Å²) in [5.41, 5.74) is 1.02. The molecule has 0 aliphatic carbocycles. The molecule has 0 bridgehead atoms. The van der Waals surface area contributed by atoms with Crippen molar-refractivity contribution in [1.29, 1.82) is 0 Å². The van der Waals surface area contributed by atoms with Gasteiger partial charge in [0.05, 0.1) is 16.6 Å². The molecule has 3 rings (SSSR count). The van der Waals surface area contributed by atoms with Crippen LogP contribution in [0.3, 0.4) is 0 Å². The SMILES string of the molecule is O=C(NCc1ccccc1)c1ccc(CS(=O)c2ccccc2)o1. The molecule has 3 aromatic rings. The number of amides is 1. The molecule has 122 valence electrons. The van der Waals surface area contributed by atoms with E-state index in [0.29, 0.717) is 12.3 Å². The molecular formula is C19H17NO3S. The summed E-state index contributed by atoms with van der Waals surface area (Å²) in [6.45, 7) is 0.436. The fraction of sp³-hybridized carbons (Fsp3) is 0.105. The van der Waals surface area contributed by atoms with E-state index >= 15 is 0 Å². The Morgan fingerprint density at radius 3 is 2.29 bits per heavy atom. The normalized spacial score (nSPS) is 11.8. The quantitative estimate of drug-likeness (QED) is 0.747. The second kappa shape index (κ2) is 7.75. The molecule has 1 N–H and O–H groups in total. The zero-order chi connectivity index (χ0) is 16.8. The maximum atomic E-state index is 12.3. The van der Waals surface area contributed by atoms with E-state index in [1.54, 1.807) is 12.1 Å². The van der Waals surface area contributed by atoms with Gasteiger partial charge >= 0.3 is 0 Å². The topological polar surface area (TPSA) is 59.3 Å². The predicted octanol–water partition coefficient (Wildman–Crippen LogP) is 3.52. The van der Waals surface area contributed by atoms with Crippen molar-refractivity contribution in [2.45, 2.75) is 17.2 Å². The minimum Gasteiger partial charge on any atom is -0.455 e. The molecule has 0 saturated heterocycles. The molecule has 24 heavy (non-hydrogen) atoms. The zero-order valence-electron chi connectivity index (χ0n) is 13.0. The van der Waals surface area contributed by atoms with Crippen molar-refractivity contribution >= 4 is 16.7 Å². The lowest BCUT2D eigenvalue weighted by Crippen LogP contribution is -2.22. The van der Waals surface area contributed by atoms with Crippen LogP contribution >= 0.6 is 0 Å². The van der Waals surface area contributed by atoms with Crippen LogP contribution in [0.1, 0.15) is 21.9 Å². The molecule has 1 aromatic heterocycles. The number of benzene rings is 2. The molecule has 0 saturated carbocycles. The first-order chi connectivity index (χ1) is 11.7. The number of carbonyl (C=O) groups is 1. The van der Waals surface area contributed by atoms with Gasteiger partial charge in [0.2, 0.25) is 0 Å². The smallest absolute Gasteiger partial charge is 0.287 e. The average Bonchev–Trinajstić information content (AvgIpc) is 3.10. The Labute approximate surface area is 143 Å². The molecule has 4 nitrogen and oxygen atoms in total. The Balaban J connectivity index is 1.58. The molecule has 0 fully saturated rings. The van der Waals surface area contributed by atoms with Crippen LogP contribution in [-0.2, 0) is 23.1 Å². The maximum absolute atomic E-state index is 12.3. The number of nitrogens with one attached hydrogen (secondary N) is 1. The van der Waals surface area contributed by atoms with Gasteiger partial charge in [0, 0.05) is 11.4 Å². The zero-order valence-corrected chi connectivity index (χ0v) is 13.8. The lowest BCUT2D eigenvalue weighted by molar-refractivity contribution is 0.0921. The summed E-state index contributed by atoms with van der Waals surface area (Å²) in [7, 11) is -1.19. The number of rotatable bonds is 6. The third-order valence-corrected chi connectivity index (χ3v) is 4.81.